The fourth-order valence-corrected chi connectivity index (χ4v) is 0.170. The summed E-state index contributed by atoms with van der Waals surface area (Å²) in [6.45, 7) is 3.15. The van der Waals surface area contributed by atoms with Crippen molar-refractivity contribution in [2.24, 2.45) is 0 Å². The van der Waals surface area contributed by atoms with E-state index in [2.05, 4.69) is 16.1 Å². The summed E-state index contributed by atoms with van der Waals surface area (Å²) in [5.41, 5.74) is 0. The molecule has 0 aliphatic heterocycles. The van der Waals surface area contributed by atoms with E-state index in [4.69, 9.17) is 5.11 Å². The van der Waals surface area contributed by atoms with Crippen LogP contribution in [0.3, 0.4) is 0 Å². The van der Waals surface area contributed by atoms with Gasteiger partial charge in [0.1, 0.15) is 12.4 Å². The molecule has 0 aliphatic rings. The molecule has 0 spiro atoms. The van der Waals surface area contributed by atoms with Gasteiger partial charge in [-0.1, -0.05) is 6.58 Å². The van der Waals surface area contributed by atoms with Crippen LogP contribution < -0.4 is 0 Å². The fourth-order valence-electron chi connectivity index (χ4n) is 0.102. The van der Waals surface area contributed by atoms with Crippen LogP contribution >= 0.6 is 9.47 Å². The molecule has 0 aromatic carbocycles. The molecule has 0 fully saturated rings. The van der Waals surface area contributed by atoms with Gasteiger partial charge in [0, 0.05) is 9.47 Å². The zero-order chi connectivity index (χ0) is 5.70. The molecular formula is C3H7O3P. The Hall–Kier alpha value is -0.110. The minimum absolute atomic E-state index is 0.0174. The fraction of sp³-hybridized carbons (Fsp3) is 0.333. The molecule has 0 bridgehead atoms. The highest BCUT2D eigenvalue weighted by molar-refractivity contribution is 7.09. The second-order valence-electron chi connectivity index (χ2n) is 0.925. The Balaban J connectivity index is 2.82. The lowest BCUT2D eigenvalue weighted by Gasteiger charge is -1.93. The molecule has 0 aromatic rings. The molecule has 42 valence electrons. The van der Waals surface area contributed by atoms with Crippen LogP contribution in [0.25, 0.3) is 0 Å². The molecule has 1 N–H and O–H groups in total. The van der Waals surface area contributed by atoms with Crippen molar-refractivity contribution in [1.82, 2.24) is 0 Å². The Bertz CT molecular complexity index is 63.2. The van der Waals surface area contributed by atoms with Crippen LogP contribution in [0, 0.1) is 0 Å². The highest BCUT2D eigenvalue weighted by Gasteiger charge is 1.84. The Morgan fingerprint density at radius 3 is 2.57 bits per heavy atom. The first-order valence-electron chi connectivity index (χ1n) is 1.62. The highest BCUT2D eigenvalue weighted by atomic mass is 31.0. The number of rotatable bonds is 3. The average molecular weight is 122 g/mol. The van der Waals surface area contributed by atoms with Gasteiger partial charge in [0.2, 0.25) is 0 Å². The summed E-state index contributed by atoms with van der Waals surface area (Å²) in [6, 6.07) is 0. The number of aliphatic hydroxyl groups is 1. The summed E-state index contributed by atoms with van der Waals surface area (Å²) in [6.07, 6.45) is 0. The van der Waals surface area contributed by atoms with Crippen molar-refractivity contribution in [2.45, 2.75) is 0 Å². The first kappa shape index (κ1) is 6.89. The molecule has 0 amide bonds. The lowest BCUT2D eigenvalue weighted by Crippen LogP contribution is -1.90. The first-order valence-corrected chi connectivity index (χ1v) is 2.09. The van der Waals surface area contributed by atoms with Gasteiger partial charge >= 0.3 is 0 Å². The molecule has 0 saturated carbocycles. The zero-order valence-electron chi connectivity index (χ0n) is 3.76. The smallest absolute Gasteiger partial charge is 0.139 e. The second kappa shape index (κ2) is 4.06. The van der Waals surface area contributed by atoms with E-state index in [1.54, 1.807) is 0 Å². The predicted octanol–water partition coefficient (Wildman–Crippen LogP) is 0.796. The topological polar surface area (TPSA) is 38.7 Å². The van der Waals surface area contributed by atoms with Crippen molar-refractivity contribution in [2.75, 3.05) is 6.61 Å². The van der Waals surface area contributed by atoms with E-state index in [-0.39, 0.29) is 12.4 Å². The molecule has 0 rings (SSSR count). The van der Waals surface area contributed by atoms with Gasteiger partial charge < -0.3 is 5.11 Å². The van der Waals surface area contributed by atoms with E-state index < -0.39 is 0 Å². The molecule has 0 aromatic heterocycles. The van der Waals surface area contributed by atoms with Crippen molar-refractivity contribution in [1.29, 1.82) is 0 Å². The van der Waals surface area contributed by atoms with Crippen molar-refractivity contribution >= 4 is 9.47 Å². The van der Waals surface area contributed by atoms with Crippen LogP contribution in [-0.4, -0.2) is 11.7 Å². The van der Waals surface area contributed by atoms with E-state index in [9.17, 15) is 0 Å². The summed E-state index contributed by atoms with van der Waals surface area (Å²) >= 11 is 0. The molecule has 1 atom stereocenters. The van der Waals surface area contributed by atoms with Gasteiger partial charge in [-0.05, 0) is 0 Å². The van der Waals surface area contributed by atoms with E-state index in [0.29, 0.717) is 0 Å². The lowest BCUT2D eigenvalue weighted by atomic mass is 10.6. The average Bonchev–Trinajstić information content (AvgIpc) is 1.61. The number of hydrogen-bond donors (Lipinski definition) is 1. The molecule has 0 aliphatic carbocycles. The molecule has 7 heavy (non-hydrogen) atoms. The minimum Gasteiger partial charge on any atom is -0.510 e. The summed E-state index contributed by atoms with van der Waals surface area (Å²) in [5, 5.41) is 8.27. The van der Waals surface area contributed by atoms with Gasteiger partial charge in [-0.15, -0.1) is 0 Å². The van der Waals surface area contributed by atoms with E-state index in [0.717, 1.165) is 0 Å². The standard InChI is InChI=1S/C3H7O3P/c1-3(4)2-5-6-7/h4H,1-2,7H2. The summed E-state index contributed by atoms with van der Waals surface area (Å²) in [5.74, 6) is -0.0533. The van der Waals surface area contributed by atoms with Crippen LogP contribution in [-0.2, 0) is 9.56 Å². The van der Waals surface area contributed by atoms with Gasteiger partial charge in [-0.3, -0.25) is 0 Å². The maximum atomic E-state index is 8.27. The monoisotopic (exact) mass is 122 g/mol. The van der Waals surface area contributed by atoms with Gasteiger partial charge in [0.15, 0.2) is 0 Å². The lowest BCUT2D eigenvalue weighted by molar-refractivity contribution is -0.188. The highest BCUT2D eigenvalue weighted by Crippen LogP contribution is 1.89. The maximum Gasteiger partial charge on any atom is 0.139 e. The van der Waals surface area contributed by atoms with Crippen molar-refractivity contribution in [3.8, 4) is 0 Å². The molecule has 3 nitrogen and oxygen atoms in total. The largest absolute Gasteiger partial charge is 0.510 e. The van der Waals surface area contributed by atoms with Gasteiger partial charge in [-0.25, -0.2) is 9.56 Å². The van der Waals surface area contributed by atoms with Crippen molar-refractivity contribution in [3.05, 3.63) is 12.3 Å². The Labute approximate surface area is 44.1 Å². The third-order valence-corrected chi connectivity index (χ3v) is 0.430. The van der Waals surface area contributed by atoms with Crippen molar-refractivity contribution in [3.63, 3.8) is 0 Å². The van der Waals surface area contributed by atoms with Gasteiger partial charge in [-0.2, -0.15) is 0 Å². The van der Waals surface area contributed by atoms with Crippen LogP contribution in [0.5, 0.6) is 0 Å². The Morgan fingerprint density at radius 2 is 2.43 bits per heavy atom. The third-order valence-electron chi connectivity index (χ3n) is 0.294. The summed E-state index contributed by atoms with van der Waals surface area (Å²) < 4.78 is 4.05. The van der Waals surface area contributed by atoms with Crippen molar-refractivity contribution < 1.29 is 14.7 Å². The van der Waals surface area contributed by atoms with E-state index >= 15 is 0 Å². The Morgan fingerprint density at radius 1 is 1.86 bits per heavy atom. The molecule has 0 heterocycles. The van der Waals surface area contributed by atoms with E-state index in [1.165, 1.54) is 0 Å². The quantitative estimate of drug-likeness (QED) is 0.260. The minimum atomic E-state index is -0.0533. The van der Waals surface area contributed by atoms with Gasteiger partial charge in [0.05, 0.1) is 0 Å². The van der Waals surface area contributed by atoms with Gasteiger partial charge in [0.25, 0.3) is 0 Å². The third kappa shape index (κ3) is 5.89. The first-order chi connectivity index (χ1) is 3.27. The maximum absolute atomic E-state index is 8.27. The molecule has 1 unspecified atom stereocenters. The molecule has 0 radical (unpaired) electrons. The number of aliphatic hydroxyl groups excluding tert-OH is 1. The van der Waals surface area contributed by atoms with E-state index in [1.807, 2.05) is 9.47 Å². The SMILES string of the molecule is C=C(O)COOP. The summed E-state index contributed by atoms with van der Waals surface area (Å²) in [4.78, 5) is 4.21. The summed E-state index contributed by atoms with van der Waals surface area (Å²) in [7, 11) is 1.87. The zero-order valence-corrected chi connectivity index (χ0v) is 4.91. The second-order valence-corrected chi connectivity index (χ2v) is 1.12. The van der Waals surface area contributed by atoms with Crippen LogP contribution in [0.4, 0.5) is 0 Å². The normalized spacial score (nSPS) is 8.71. The number of hydrogen-bond acceptors (Lipinski definition) is 3. The molecule has 4 heteroatoms. The van der Waals surface area contributed by atoms with Crippen LogP contribution in [0.2, 0.25) is 0 Å². The molecular weight excluding hydrogens is 115 g/mol. The van der Waals surface area contributed by atoms with Crippen LogP contribution in [0.15, 0.2) is 12.3 Å². The predicted molar refractivity (Wildman–Crippen MR) is 28.5 cm³/mol. The Kier molecular flexibility index (Phi) is 4.00. The molecule has 0 saturated heterocycles. The van der Waals surface area contributed by atoms with Crippen LogP contribution in [0.1, 0.15) is 0 Å².